The van der Waals surface area contributed by atoms with Gasteiger partial charge in [-0.1, -0.05) is 29.8 Å². The number of rotatable bonds is 8. The molecule has 0 saturated carbocycles. The van der Waals surface area contributed by atoms with Crippen molar-refractivity contribution in [2.75, 3.05) is 18.0 Å². The SMILES string of the molecule is CCOC(=O)CCCc1cccc(N(C)S(=O)(=O)c2ccc(C)cc2)c1. The van der Waals surface area contributed by atoms with Gasteiger partial charge in [0.2, 0.25) is 0 Å². The van der Waals surface area contributed by atoms with E-state index in [1.807, 2.05) is 25.1 Å². The number of hydrogen-bond donors (Lipinski definition) is 0. The van der Waals surface area contributed by atoms with Gasteiger partial charge in [0.1, 0.15) is 0 Å². The second-order valence-corrected chi connectivity index (χ2v) is 8.08. The monoisotopic (exact) mass is 375 g/mol. The molecule has 0 atom stereocenters. The minimum atomic E-state index is -3.61. The van der Waals surface area contributed by atoms with Gasteiger partial charge in [-0.05, 0) is 56.5 Å². The second-order valence-electron chi connectivity index (χ2n) is 6.11. The number of anilines is 1. The van der Waals surface area contributed by atoms with E-state index in [9.17, 15) is 13.2 Å². The lowest BCUT2D eigenvalue weighted by Crippen LogP contribution is -2.26. The number of nitrogens with zero attached hydrogens (tertiary/aromatic N) is 1. The highest BCUT2D eigenvalue weighted by Gasteiger charge is 2.21. The Balaban J connectivity index is 2.10. The van der Waals surface area contributed by atoms with Crippen molar-refractivity contribution in [1.29, 1.82) is 0 Å². The smallest absolute Gasteiger partial charge is 0.305 e. The first-order chi connectivity index (χ1) is 12.3. The number of carbonyl (C=O) groups excluding carboxylic acids is 1. The average Bonchev–Trinajstić information content (AvgIpc) is 2.62. The Morgan fingerprint density at radius 3 is 2.46 bits per heavy atom. The Hall–Kier alpha value is -2.34. The zero-order valence-electron chi connectivity index (χ0n) is 15.4. The van der Waals surface area contributed by atoms with E-state index in [2.05, 4.69) is 0 Å². The van der Waals surface area contributed by atoms with Crippen molar-refractivity contribution < 1.29 is 17.9 Å². The van der Waals surface area contributed by atoms with Crippen LogP contribution in [-0.2, 0) is 26.0 Å². The molecule has 2 rings (SSSR count). The summed E-state index contributed by atoms with van der Waals surface area (Å²) in [5.41, 5.74) is 2.59. The van der Waals surface area contributed by atoms with Gasteiger partial charge in [-0.15, -0.1) is 0 Å². The number of aryl methyl sites for hydroxylation is 2. The fraction of sp³-hybridized carbons (Fsp3) is 0.350. The molecule has 26 heavy (non-hydrogen) atoms. The summed E-state index contributed by atoms with van der Waals surface area (Å²) in [4.78, 5) is 11.7. The number of carbonyl (C=O) groups is 1. The predicted molar refractivity (Wildman–Crippen MR) is 103 cm³/mol. The summed E-state index contributed by atoms with van der Waals surface area (Å²) in [6.45, 7) is 4.08. The molecule has 0 unspecified atom stereocenters. The summed E-state index contributed by atoms with van der Waals surface area (Å²) in [5.74, 6) is -0.206. The van der Waals surface area contributed by atoms with Crippen LogP contribution in [0.4, 0.5) is 5.69 Å². The molecule has 2 aromatic rings. The van der Waals surface area contributed by atoms with Gasteiger partial charge in [0.15, 0.2) is 0 Å². The van der Waals surface area contributed by atoms with Crippen LogP contribution in [0.25, 0.3) is 0 Å². The van der Waals surface area contributed by atoms with E-state index in [-0.39, 0.29) is 10.9 Å². The third-order valence-electron chi connectivity index (χ3n) is 4.11. The minimum Gasteiger partial charge on any atom is -0.466 e. The standard InChI is InChI=1S/C20H25NO4S/c1-4-25-20(22)10-6-8-17-7-5-9-18(15-17)21(3)26(23,24)19-13-11-16(2)12-14-19/h5,7,9,11-15H,4,6,8,10H2,1-3H3. The second kappa shape index (κ2) is 8.85. The van der Waals surface area contributed by atoms with E-state index < -0.39 is 10.0 Å². The Kier molecular flexibility index (Phi) is 6.80. The van der Waals surface area contributed by atoms with Crippen molar-refractivity contribution >= 4 is 21.7 Å². The lowest BCUT2D eigenvalue weighted by Gasteiger charge is -2.20. The number of esters is 1. The zero-order chi connectivity index (χ0) is 19.2. The maximum Gasteiger partial charge on any atom is 0.305 e. The van der Waals surface area contributed by atoms with Gasteiger partial charge in [-0.2, -0.15) is 0 Å². The van der Waals surface area contributed by atoms with E-state index in [0.717, 1.165) is 11.1 Å². The molecule has 0 bridgehead atoms. The molecule has 0 aliphatic rings. The zero-order valence-corrected chi connectivity index (χ0v) is 16.3. The summed E-state index contributed by atoms with van der Waals surface area (Å²) in [7, 11) is -2.06. The summed E-state index contributed by atoms with van der Waals surface area (Å²) < 4.78 is 31.8. The van der Waals surface area contributed by atoms with Gasteiger partial charge < -0.3 is 4.74 Å². The molecule has 0 saturated heterocycles. The van der Waals surface area contributed by atoms with Gasteiger partial charge >= 0.3 is 5.97 Å². The van der Waals surface area contributed by atoms with Crippen molar-refractivity contribution in [1.82, 2.24) is 0 Å². The molecule has 0 radical (unpaired) electrons. The summed E-state index contributed by atoms with van der Waals surface area (Å²) >= 11 is 0. The molecule has 0 heterocycles. The van der Waals surface area contributed by atoms with E-state index >= 15 is 0 Å². The van der Waals surface area contributed by atoms with Crippen LogP contribution in [0.5, 0.6) is 0 Å². The maximum absolute atomic E-state index is 12.8. The lowest BCUT2D eigenvalue weighted by atomic mass is 10.1. The van der Waals surface area contributed by atoms with Crippen LogP contribution in [0, 0.1) is 6.92 Å². The fourth-order valence-corrected chi connectivity index (χ4v) is 3.77. The van der Waals surface area contributed by atoms with Crippen molar-refractivity contribution in [3.8, 4) is 0 Å². The molecule has 140 valence electrons. The minimum absolute atomic E-state index is 0.206. The van der Waals surface area contributed by atoms with Crippen LogP contribution in [0.15, 0.2) is 53.4 Å². The number of ether oxygens (including phenoxy) is 1. The first-order valence-electron chi connectivity index (χ1n) is 8.64. The summed E-state index contributed by atoms with van der Waals surface area (Å²) in [6.07, 6.45) is 1.71. The Bertz CT molecular complexity index is 844. The van der Waals surface area contributed by atoms with E-state index in [1.54, 1.807) is 44.3 Å². The molecule has 0 N–H and O–H groups in total. The third kappa shape index (κ3) is 5.08. The number of hydrogen-bond acceptors (Lipinski definition) is 4. The fourth-order valence-electron chi connectivity index (χ4n) is 2.58. The lowest BCUT2D eigenvalue weighted by molar-refractivity contribution is -0.143. The largest absolute Gasteiger partial charge is 0.466 e. The molecule has 0 aliphatic heterocycles. The topological polar surface area (TPSA) is 63.7 Å². The summed E-state index contributed by atoms with van der Waals surface area (Å²) in [6, 6.07) is 14.2. The highest BCUT2D eigenvalue weighted by molar-refractivity contribution is 7.92. The maximum atomic E-state index is 12.8. The molecular weight excluding hydrogens is 350 g/mol. The van der Waals surface area contributed by atoms with Crippen molar-refractivity contribution in [2.24, 2.45) is 0 Å². The molecule has 0 amide bonds. The molecular formula is C20H25NO4S. The van der Waals surface area contributed by atoms with E-state index in [4.69, 9.17) is 4.74 Å². The molecule has 2 aromatic carbocycles. The van der Waals surface area contributed by atoms with Crippen molar-refractivity contribution in [2.45, 2.75) is 38.0 Å². The van der Waals surface area contributed by atoms with Gasteiger partial charge in [0.25, 0.3) is 10.0 Å². The number of benzene rings is 2. The number of sulfonamides is 1. The van der Waals surface area contributed by atoms with Crippen LogP contribution in [0.1, 0.15) is 30.9 Å². The normalized spacial score (nSPS) is 11.2. The summed E-state index contributed by atoms with van der Waals surface area (Å²) in [5, 5.41) is 0. The molecule has 0 aromatic heterocycles. The van der Waals surface area contributed by atoms with Crippen molar-refractivity contribution in [3.05, 3.63) is 59.7 Å². The van der Waals surface area contributed by atoms with E-state index in [0.29, 0.717) is 31.6 Å². The Morgan fingerprint density at radius 2 is 1.81 bits per heavy atom. The molecule has 5 nitrogen and oxygen atoms in total. The van der Waals surface area contributed by atoms with Gasteiger partial charge in [0, 0.05) is 13.5 Å². The van der Waals surface area contributed by atoms with Crippen LogP contribution in [0.3, 0.4) is 0 Å². The highest BCUT2D eigenvalue weighted by Crippen LogP contribution is 2.23. The Labute approximate surface area is 155 Å². The van der Waals surface area contributed by atoms with Crippen LogP contribution >= 0.6 is 0 Å². The van der Waals surface area contributed by atoms with Gasteiger partial charge in [-0.25, -0.2) is 8.42 Å². The molecule has 0 spiro atoms. The Morgan fingerprint density at radius 1 is 1.12 bits per heavy atom. The van der Waals surface area contributed by atoms with Gasteiger partial charge in [0.05, 0.1) is 17.2 Å². The highest BCUT2D eigenvalue weighted by atomic mass is 32.2. The first-order valence-corrected chi connectivity index (χ1v) is 10.1. The molecule has 0 aliphatic carbocycles. The van der Waals surface area contributed by atoms with E-state index in [1.165, 1.54) is 4.31 Å². The first kappa shape index (κ1) is 20.0. The average molecular weight is 375 g/mol. The van der Waals surface area contributed by atoms with Crippen LogP contribution in [-0.4, -0.2) is 28.0 Å². The predicted octanol–water partition coefficient (Wildman–Crippen LogP) is 3.71. The molecule has 0 fully saturated rings. The molecule has 6 heteroatoms. The third-order valence-corrected chi connectivity index (χ3v) is 5.91. The van der Waals surface area contributed by atoms with Crippen LogP contribution in [0.2, 0.25) is 0 Å². The van der Waals surface area contributed by atoms with Crippen LogP contribution < -0.4 is 4.31 Å². The van der Waals surface area contributed by atoms with Crippen molar-refractivity contribution in [3.63, 3.8) is 0 Å². The van der Waals surface area contributed by atoms with Gasteiger partial charge in [-0.3, -0.25) is 9.10 Å². The quantitative estimate of drug-likeness (QED) is 0.660.